The van der Waals surface area contributed by atoms with Crippen LogP contribution in [0.1, 0.15) is 10.4 Å². The number of carbonyl (C=O) groups is 1. The number of rotatable bonds is 2. The highest BCUT2D eigenvalue weighted by Gasteiger charge is 2.11. The van der Waals surface area contributed by atoms with Gasteiger partial charge >= 0.3 is 5.97 Å². The Balaban J connectivity index is 2.12. The van der Waals surface area contributed by atoms with Gasteiger partial charge in [0.2, 0.25) is 0 Å². The molecule has 3 aromatic rings. The molecule has 0 saturated heterocycles. The van der Waals surface area contributed by atoms with Crippen molar-refractivity contribution in [2.45, 2.75) is 0 Å². The predicted octanol–water partition coefficient (Wildman–Crippen LogP) is 2.84. The maximum Gasteiger partial charge on any atom is 0.339 e. The summed E-state index contributed by atoms with van der Waals surface area (Å²) in [6.07, 6.45) is 4.98. The first-order valence-electron chi connectivity index (χ1n) is 5.61. The summed E-state index contributed by atoms with van der Waals surface area (Å²) in [6.45, 7) is 0. The second kappa shape index (κ2) is 4.20. The highest BCUT2D eigenvalue weighted by Crippen LogP contribution is 2.20. The van der Waals surface area contributed by atoms with Gasteiger partial charge in [-0.2, -0.15) is 0 Å². The molecule has 0 saturated carbocycles. The minimum atomic E-state index is -1.01. The van der Waals surface area contributed by atoms with E-state index in [4.69, 9.17) is 5.11 Å². The lowest BCUT2D eigenvalue weighted by molar-refractivity contribution is 0.0699. The van der Waals surface area contributed by atoms with Crippen molar-refractivity contribution in [3.05, 3.63) is 60.3 Å². The van der Waals surface area contributed by atoms with E-state index in [0.29, 0.717) is 5.65 Å². The monoisotopic (exact) mass is 256 g/mol. The average molecular weight is 256 g/mol. The molecular weight excluding hydrogens is 247 g/mol. The molecule has 94 valence electrons. The third-order valence-electron chi connectivity index (χ3n) is 2.90. The van der Waals surface area contributed by atoms with Gasteiger partial charge in [-0.05, 0) is 23.8 Å². The van der Waals surface area contributed by atoms with Crippen molar-refractivity contribution in [3.8, 4) is 11.1 Å². The van der Waals surface area contributed by atoms with Crippen molar-refractivity contribution in [1.82, 2.24) is 9.38 Å². The molecule has 1 N–H and O–H groups in total. The fourth-order valence-electron chi connectivity index (χ4n) is 1.95. The van der Waals surface area contributed by atoms with Crippen LogP contribution in [-0.4, -0.2) is 20.5 Å². The van der Waals surface area contributed by atoms with Crippen LogP contribution in [0.2, 0.25) is 0 Å². The van der Waals surface area contributed by atoms with E-state index in [-0.39, 0.29) is 11.4 Å². The second-order valence-corrected chi connectivity index (χ2v) is 4.11. The Hall–Kier alpha value is -2.69. The molecule has 5 heteroatoms. The van der Waals surface area contributed by atoms with Crippen LogP contribution < -0.4 is 0 Å². The molecule has 0 unspecified atom stereocenters. The molecule has 2 heterocycles. The van der Waals surface area contributed by atoms with Crippen molar-refractivity contribution in [2.24, 2.45) is 0 Å². The molecule has 0 aliphatic carbocycles. The molecule has 4 nitrogen and oxygen atoms in total. The SMILES string of the molecule is O=C(O)c1ccn2cc(-c3ccc(F)cc3)cnc12. The van der Waals surface area contributed by atoms with Crippen LogP contribution in [0.5, 0.6) is 0 Å². The lowest BCUT2D eigenvalue weighted by atomic mass is 10.1. The lowest BCUT2D eigenvalue weighted by Crippen LogP contribution is -1.97. The number of carboxylic acid groups (broad SMARTS) is 1. The van der Waals surface area contributed by atoms with Crippen LogP contribution in [0.25, 0.3) is 16.8 Å². The Morgan fingerprint density at radius 3 is 2.58 bits per heavy atom. The van der Waals surface area contributed by atoms with E-state index in [1.807, 2.05) is 0 Å². The van der Waals surface area contributed by atoms with Gasteiger partial charge in [-0.25, -0.2) is 14.2 Å². The van der Waals surface area contributed by atoms with Crippen LogP contribution in [0.4, 0.5) is 4.39 Å². The molecule has 1 aromatic carbocycles. The minimum absolute atomic E-state index is 0.158. The van der Waals surface area contributed by atoms with Crippen molar-refractivity contribution >= 4 is 11.6 Å². The number of carboxylic acids is 1. The molecule has 19 heavy (non-hydrogen) atoms. The topological polar surface area (TPSA) is 54.6 Å². The van der Waals surface area contributed by atoms with E-state index in [1.54, 1.807) is 35.1 Å². The Kier molecular flexibility index (Phi) is 2.52. The number of hydrogen-bond donors (Lipinski definition) is 1. The standard InChI is InChI=1S/C14H9FN2O2/c15-11-3-1-9(2-4-11)10-7-16-13-12(14(18)19)5-6-17(13)8-10/h1-8H,(H,18,19). The highest BCUT2D eigenvalue weighted by molar-refractivity contribution is 5.94. The summed E-state index contributed by atoms with van der Waals surface area (Å²) in [6, 6.07) is 7.55. The Labute approximate surface area is 107 Å². The maximum atomic E-state index is 12.9. The fourth-order valence-corrected chi connectivity index (χ4v) is 1.95. The molecule has 0 spiro atoms. The summed E-state index contributed by atoms with van der Waals surface area (Å²) in [4.78, 5) is 15.1. The summed E-state index contributed by atoms with van der Waals surface area (Å²) in [5, 5.41) is 8.99. The zero-order chi connectivity index (χ0) is 13.4. The summed E-state index contributed by atoms with van der Waals surface area (Å²) < 4.78 is 14.5. The molecule has 0 amide bonds. The van der Waals surface area contributed by atoms with Crippen LogP contribution >= 0.6 is 0 Å². The highest BCUT2D eigenvalue weighted by atomic mass is 19.1. The maximum absolute atomic E-state index is 12.9. The summed E-state index contributed by atoms with van der Waals surface area (Å²) >= 11 is 0. The summed E-state index contributed by atoms with van der Waals surface area (Å²) in [5.74, 6) is -1.31. The van der Waals surface area contributed by atoms with Crippen molar-refractivity contribution in [3.63, 3.8) is 0 Å². The number of benzene rings is 1. The van der Waals surface area contributed by atoms with Crippen molar-refractivity contribution in [2.75, 3.05) is 0 Å². The normalized spacial score (nSPS) is 10.8. The predicted molar refractivity (Wildman–Crippen MR) is 67.5 cm³/mol. The smallest absolute Gasteiger partial charge is 0.339 e. The third-order valence-corrected chi connectivity index (χ3v) is 2.90. The van der Waals surface area contributed by atoms with E-state index in [2.05, 4.69) is 4.98 Å². The first kappa shape index (κ1) is 11.4. The number of nitrogens with zero attached hydrogens (tertiary/aromatic N) is 2. The first-order chi connectivity index (χ1) is 9.15. The average Bonchev–Trinajstić information content (AvgIpc) is 2.82. The van der Waals surface area contributed by atoms with Gasteiger partial charge < -0.3 is 9.51 Å². The number of aromatic nitrogens is 2. The molecule has 0 fully saturated rings. The van der Waals surface area contributed by atoms with E-state index in [9.17, 15) is 9.18 Å². The lowest BCUT2D eigenvalue weighted by Gasteiger charge is -2.03. The fraction of sp³-hybridized carbons (Fsp3) is 0. The van der Waals surface area contributed by atoms with Crippen molar-refractivity contribution in [1.29, 1.82) is 0 Å². The number of halogens is 1. The van der Waals surface area contributed by atoms with Gasteiger partial charge in [0.1, 0.15) is 11.4 Å². The van der Waals surface area contributed by atoms with Gasteiger partial charge in [-0.1, -0.05) is 12.1 Å². The van der Waals surface area contributed by atoms with Gasteiger partial charge in [0, 0.05) is 24.2 Å². The van der Waals surface area contributed by atoms with Gasteiger partial charge in [0.25, 0.3) is 0 Å². The second-order valence-electron chi connectivity index (χ2n) is 4.11. The molecule has 2 aromatic heterocycles. The van der Waals surface area contributed by atoms with Gasteiger partial charge in [0.15, 0.2) is 5.65 Å². The zero-order valence-electron chi connectivity index (χ0n) is 9.75. The third kappa shape index (κ3) is 1.95. The first-order valence-corrected chi connectivity index (χ1v) is 5.61. The van der Waals surface area contributed by atoms with Crippen LogP contribution in [-0.2, 0) is 0 Å². The molecule has 0 bridgehead atoms. The van der Waals surface area contributed by atoms with Gasteiger partial charge in [-0.3, -0.25) is 0 Å². The number of aromatic carboxylic acids is 1. The Bertz CT molecular complexity index is 763. The largest absolute Gasteiger partial charge is 0.478 e. The number of fused-ring (bicyclic) bond motifs is 1. The van der Waals surface area contributed by atoms with Crippen molar-refractivity contribution < 1.29 is 14.3 Å². The molecule has 3 rings (SSSR count). The van der Waals surface area contributed by atoms with E-state index >= 15 is 0 Å². The van der Waals surface area contributed by atoms with Gasteiger partial charge in [0.05, 0.1) is 0 Å². The summed E-state index contributed by atoms with van der Waals surface area (Å²) in [7, 11) is 0. The van der Waals surface area contributed by atoms with E-state index in [0.717, 1.165) is 11.1 Å². The molecule has 0 radical (unpaired) electrons. The van der Waals surface area contributed by atoms with Crippen LogP contribution in [0.15, 0.2) is 48.9 Å². The Morgan fingerprint density at radius 2 is 1.89 bits per heavy atom. The minimum Gasteiger partial charge on any atom is -0.478 e. The molecule has 0 aliphatic rings. The van der Waals surface area contributed by atoms with Crippen LogP contribution in [0.3, 0.4) is 0 Å². The molecule has 0 atom stereocenters. The molecule has 0 aliphatic heterocycles. The Morgan fingerprint density at radius 1 is 1.16 bits per heavy atom. The van der Waals surface area contributed by atoms with E-state index in [1.165, 1.54) is 18.2 Å². The number of hydrogen-bond acceptors (Lipinski definition) is 2. The zero-order valence-corrected chi connectivity index (χ0v) is 9.75. The summed E-state index contributed by atoms with van der Waals surface area (Å²) in [5.41, 5.74) is 2.16. The van der Waals surface area contributed by atoms with Gasteiger partial charge in [-0.15, -0.1) is 0 Å². The van der Waals surface area contributed by atoms with Crippen LogP contribution in [0, 0.1) is 5.82 Å². The molecular formula is C14H9FN2O2. The van der Waals surface area contributed by atoms with E-state index < -0.39 is 5.97 Å². The quantitative estimate of drug-likeness (QED) is 0.767.